The Labute approximate surface area is 88.3 Å². The van der Waals surface area contributed by atoms with Crippen LogP contribution in [-0.2, 0) is 0 Å². The lowest BCUT2D eigenvalue weighted by atomic mass is 10.2. The SMILES string of the molecule is CC(C)c1nc(C(=O)N(C)CCO)n[nH]1. The van der Waals surface area contributed by atoms with Crippen molar-refractivity contribution < 1.29 is 9.90 Å². The highest BCUT2D eigenvalue weighted by Crippen LogP contribution is 2.08. The molecule has 2 N–H and O–H groups in total. The van der Waals surface area contributed by atoms with E-state index in [2.05, 4.69) is 15.2 Å². The Morgan fingerprint density at radius 3 is 2.73 bits per heavy atom. The van der Waals surface area contributed by atoms with Gasteiger partial charge >= 0.3 is 0 Å². The average Bonchev–Trinajstić information content (AvgIpc) is 2.65. The first-order valence-corrected chi connectivity index (χ1v) is 4.85. The number of nitrogens with zero attached hydrogens (tertiary/aromatic N) is 3. The minimum atomic E-state index is -0.285. The maximum absolute atomic E-state index is 11.6. The van der Waals surface area contributed by atoms with E-state index >= 15 is 0 Å². The minimum Gasteiger partial charge on any atom is -0.395 e. The molecule has 0 aromatic carbocycles. The minimum absolute atomic E-state index is 0.0658. The Morgan fingerprint density at radius 1 is 1.60 bits per heavy atom. The molecule has 0 radical (unpaired) electrons. The van der Waals surface area contributed by atoms with E-state index in [1.54, 1.807) is 7.05 Å². The van der Waals surface area contributed by atoms with Crippen molar-refractivity contribution in [1.82, 2.24) is 20.1 Å². The first-order chi connectivity index (χ1) is 7.06. The molecule has 0 fully saturated rings. The summed E-state index contributed by atoms with van der Waals surface area (Å²) in [6.07, 6.45) is 0. The Bertz CT molecular complexity index is 335. The number of hydrogen-bond donors (Lipinski definition) is 2. The lowest BCUT2D eigenvalue weighted by molar-refractivity contribution is 0.0755. The summed E-state index contributed by atoms with van der Waals surface area (Å²) >= 11 is 0. The van der Waals surface area contributed by atoms with E-state index in [0.717, 1.165) is 0 Å². The van der Waals surface area contributed by atoms with E-state index in [-0.39, 0.29) is 30.8 Å². The summed E-state index contributed by atoms with van der Waals surface area (Å²) in [7, 11) is 1.60. The molecule has 0 aliphatic rings. The number of H-pyrrole nitrogens is 1. The van der Waals surface area contributed by atoms with E-state index in [0.29, 0.717) is 5.82 Å². The van der Waals surface area contributed by atoms with Crippen molar-refractivity contribution in [2.45, 2.75) is 19.8 Å². The third kappa shape index (κ3) is 2.76. The number of carbonyl (C=O) groups excluding carboxylic acids is 1. The van der Waals surface area contributed by atoms with Crippen LogP contribution in [0.15, 0.2) is 0 Å². The molecule has 0 spiro atoms. The van der Waals surface area contributed by atoms with Crippen molar-refractivity contribution in [2.24, 2.45) is 0 Å². The van der Waals surface area contributed by atoms with E-state index in [9.17, 15) is 4.79 Å². The lowest BCUT2D eigenvalue weighted by Crippen LogP contribution is -2.30. The van der Waals surface area contributed by atoms with Gasteiger partial charge in [-0.2, -0.15) is 0 Å². The van der Waals surface area contributed by atoms with Gasteiger partial charge in [-0.25, -0.2) is 4.98 Å². The van der Waals surface area contributed by atoms with Crippen LogP contribution in [0.4, 0.5) is 0 Å². The van der Waals surface area contributed by atoms with E-state index in [4.69, 9.17) is 5.11 Å². The molecule has 0 atom stereocenters. The fourth-order valence-electron chi connectivity index (χ4n) is 1.05. The number of rotatable bonds is 4. The molecule has 6 nitrogen and oxygen atoms in total. The smallest absolute Gasteiger partial charge is 0.293 e. The second-order valence-electron chi connectivity index (χ2n) is 3.65. The van der Waals surface area contributed by atoms with Gasteiger partial charge < -0.3 is 10.0 Å². The van der Waals surface area contributed by atoms with Crippen molar-refractivity contribution in [3.05, 3.63) is 11.6 Å². The van der Waals surface area contributed by atoms with Gasteiger partial charge in [-0.3, -0.25) is 9.89 Å². The van der Waals surface area contributed by atoms with Crippen LogP contribution in [0.1, 0.15) is 36.2 Å². The van der Waals surface area contributed by atoms with Gasteiger partial charge in [-0.1, -0.05) is 13.8 Å². The Kier molecular flexibility index (Phi) is 3.79. The fraction of sp³-hybridized carbons (Fsp3) is 0.667. The monoisotopic (exact) mass is 212 g/mol. The molecule has 0 saturated carbocycles. The van der Waals surface area contributed by atoms with Gasteiger partial charge in [0.2, 0.25) is 5.82 Å². The zero-order valence-electron chi connectivity index (χ0n) is 9.19. The number of amides is 1. The van der Waals surface area contributed by atoms with Gasteiger partial charge in [0.05, 0.1) is 6.61 Å². The first kappa shape index (κ1) is 11.6. The summed E-state index contributed by atoms with van der Waals surface area (Å²) in [4.78, 5) is 17.1. The molecule has 0 saturated heterocycles. The fourth-order valence-corrected chi connectivity index (χ4v) is 1.05. The molecule has 1 rings (SSSR count). The predicted molar refractivity (Wildman–Crippen MR) is 54.5 cm³/mol. The first-order valence-electron chi connectivity index (χ1n) is 4.85. The van der Waals surface area contributed by atoms with Crippen LogP contribution < -0.4 is 0 Å². The van der Waals surface area contributed by atoms with Crippen molar-refractivity contribution in [3.8, 4) is 0 Å². The number of aromatic amines is 1. The normalized spacial score (nSPS) is 10.7. The average molecular weight is 212 g/mol. The second-order valence-corrected chi connectivity index (χ2v) is 3.65. The molecule has 1 aromatic rings. The number of carbonyl (C=O) groups is 1. The molecular weight excluding hydrogens is 196 g/mol. The number of nitrogens with one attached hydrogen (secondary N) is 1. The van der Waals surface area contributed by atoms with Crippen LogP contribution in [0.5, 0.6) is 0 Å². The maximum atomic E-state index is 11.6. The van der Waals surface area contributed by atoms with Crippen LogP contribution in [0, 0.1) is 0 Å². The van der Waals surface area contributed by atoms with Crippen LogP contribution in [0.2, 0.25) is 0 Å². The van der Waals surface area contributed by atoms with Crippen molar-refractivity contribution in [1.29, 1.82) is 0 Å². The number of aliphatic hydroxyl groups is 1. The summed E-state index contributed by atoms with van der Waals surface area (Å²) in [5, 5.41) is 15.2. The van der Waals surface area contributed by atoms with E-state index in [1.807, 2.05) is 13.8 Å². The van der Waals surface area contributed by atoms with Crippen LogP contribution in [0.25, 0.3) is 0 Å². The third-order valence-corrected chi connectivity index (χ3v) is 2.02. The molecule has 1 amide bonds. The highest BCUT2D eigenvalue weighted by atomic mass is 16.3. The quantitative estimate of drug-likeness (QED) is 0.735. The standard InChI is InChI=1S/C9H16N4O2/c1-6(2)7-10-8(12-11-7)9(15)13(3)4-5-14/h6,14H,4-5H2,1-3H3,(H,10,11,12). The van der Waals surface area contributed by atoms with Gasteiger partial charge in [0.25, 0.3) is 5.91 Å². The van der Waals surface area contributed by atoms with Crippen molar-refractivity contribution in [2.75, 3.05) is 20.2 Å². The molecule has 0 bridgehead atoms. The Balaban J connectivity index is 2.74. The zero-order valence-corrected chi connectivity index (χ0v) is 9.19. The molecule has 0 unspecified atom stereocenters. The van der Waals surface area contributed by atoms with Gasteiger partial charge in [0.15, 0.2) is 0 Å². The molecule has 84 valence electrons. The third-order valence-electron chi connectivity index (χ3n) is 2.02. The number of hydrogen-bond acceptors (Lipinski definition) is 4. The summed E-state index contributed by atoms with van der Waals surface area (Å²) in [5.74, 6) is 0.764. The molecule has 0 aliphatic heterocycles. The van der Waals surface area contributed by atoms with Gasteiger partial charge in [0.1, 0.15) is 5.82 Å². The molecule has 0 aliphatic carbocycles. The highest BCUT2D eigenvalue weighted by molar-refractivity contribution is 5.90. The van der Waals surface area contributed by atoms with Crippen molar-refractivity contribution >= 4 is 5.91 Å². The van der Waals surface area contributed by atoms with E-state index in [1.165, 1.54) is 4.90 Å². The maximum Gasteiger partial charge on any atom is 0.293 e. The van der Waals surface area contributed by atoms with Gasteiger partial charge in [-0.15, -0.1) is 5.10 Å². The zero-order chi connectivity index (χ0) is 11.4. The lowest BCUT2D eigenvalue weighted by Gasteiger charge is -2.12. The molecule has 1 heterocycles. The summed E-state index contributed by atoms with van der Waals surface area (Å²) in [5.41, 5.74) is 0. The van der Waals surface area contributed by atoms with Gasteiger partial charge in [0, 0.05) is 19.5 Å². The molecule has 6 heteroatoms. The van der Waals surface area contributed by atoms with Crippen molar-refractivity contribution in [3.63, 3.8) is 0 Å². The highest BCUT2D eigenvalue weighted by Gasteiger charge is 2.17. The Hall–Kier alpha value is -1.43. The van der Waals surface area contributed by atoms with Crippen LogP contribution >= 0.6 is 0 Å². The Morgan fingerprint density at radius 2 is 2.27 bits per heavy atom. The number of likely N-dealkylation sites (N-methyl/N-ethyl adjacent to an activating group) is 1. The number of aliphatic hydroxyl groups excluding tert-OH is 1. The van der Waals surface area contributed by atoms with Gasteiger partial charge in [-0.05, 0) is 0 Å². The van der Waals surface area contributed by atoms with Crippen LogP contribution in [0.3, 0.4) is 0 Å². The number of aromatic nitrogens is 3. The molecule has 15 heavy (non-hydrogen) atoms. The largest absolute Gasteiger partial charge is 0.395 e. The topological polar surface area (TPSA) is 82.1 Å². The molecular formula is C9H16N4O2. The summed E-state index contributed by atoms with van der Waals surface area (Å²) < 4.78 is 0. The van der Waals surface area contributed by atoms with Crippen LogP contribution in [-0.4, -0.2) is 51.3 Å². The molecule has 1 aromatic heterocycles. The van der Waals surface area contributed by atoms with E-state index < -0.39 is 0 Å². The predicted octanol–water partition coefficient (Wildman–Crippen LogP) is -0.00760. The summed E-state index contributed by atoms with van der Waals surface area (Å²) in [6.45, 7) is 4.15. The second kappa shape index (κ2) is 4.88. The summed E-state index contributed by atoms with van der Waals surface area (Å²) in [6, 6.07) is 0.